The number of anilines is 1. The van der Waals surface area contributed by atoms with E-state index in [1.807, 2.05) is 0 Å². The van der Waals surface area contributed by atoms with Crippen LogP contribution in [0, 0.1) is 0 Å². The Morgan fingerprint density at radius 3 is 1.95 bits per heavy atom. The predicted octanol–water partition coefficient (Wildman–Crippen LogP) is 7.67. The summed E-state index contributed by atoms with van der Waals surface area (Å²) in [5.74, 6) is -1.75. The van der Waals surface area contributed by atoms with E-state index < -0.39 is 36.0 Å². The summed E-state index contributed by atoms with van der Waals surface area (Å²) in [6.07, 6.45) is 16.7. The summed E-state index contributed by atoms with van der Waals surface area (Å²) in [4.78, 5) is 49.8. The van der Waals surface area contributed by atoms with Crippen LogP contribution in [0.4, 0.5) is 10.5 Å². The molecule has 1 aromatic rings. The van der Waals surface area contributed by atoms with Gasteiger partial charge in [-0.15, -0.1) is 0 Å². The number of imide groups is 1. The molecular formula is C30H45ClN2O6. The molecule has 0 spiro atoms. The van der Waals surface area contributed by atoms with Crippen molar-refractivity contribution in [3.05, 3.63) is 28.8 Å². The lowest BCUT2D eigenvalue weighted by molar-refractivity contribution is -0.136. The second kappa shape index (κ2) is 17.2. The van der Waals surface area contributed by atoms with Gasteiger partial charge >= 0.3 is 12.1 Å². The number of carbonyl (C=O) groups excluding carboxylic acids is 4. The second-order valence-electron chi connectivity index (χ2n) is 10.7. The summed E-state index contributed by atoms with van der Waals surface area (Å²) >= 11 is 6.17. The molecule has 0 atom stereocenters. The van der Waals surface area contributed by atoms with E-state index in [9.17, 15) is 19.2 Å². The maximum absolute atomic E-state index is 12.5. The van der Waals surface area contributed by atoms with Gasteiger partial charge in [-0.05, 0) is 38.5 Å². The zero-order valence-corrected chi connectivity index (χ0v) is 24.6. The number of nitrogens with zero attached hydrogens (tertiary/aromatic N) is 1. The van der Waals surface area contributed by atoms with Crippen LogP contribution in [-0.4, -0.2) is 47.5 Å². The van der Waals surface area contributed by atoms with Crippen LogP contribution in [0.5, 0.6) is 0 Å². The van der Waals surface area contributed by atoms with Crippen LogP contribution in [0.25, 0.3) is 0 Å². The minimum atomic E-state index is -1.31. The molecular weight excluding hydrogens is 520 g/mol. The van der Waals surface area contributed by atoms with Gasteiger partial charge in [0.1, 0.15) is 6.54 Å². The number of unbranched alkanes of at least 4 members (excludes halogenated alkanes) is 13. The molecule has 1 aliphatic rings. The fraction of sp³-hybridized carbons (Fsp3) is 0.667. The largest absolute Gasteiger partial charge is 0.462 e. The molecule has 9 heteroatoms. The van der Waals surface area contributed by atoms with Crippen molar-refractivity contribution < 1.29 is 28.7 Å². The van der Waals surface area contributed by atoms with Crippen LogP contribution in [0.1, 0.15) is 121 Å². The van der Waals surface area contributed by atoms with Crippen molar-refractivity contribution in [3.63, 3.8) is 0 Å². The topological polar surface area (TPSA) is 102 Å². The monoisotopic (exact) mass is 564 g/mol. The number of halogens is 1. The average molecular weight is 565 g/mol. The number of carbonyl (C=O) groups is 4. The van der Waals surface area contributed by atoms with Crippen molar-refractivity contribution in [1.29, 1.82) is 0 Å². The number of rotatable bonds is 19. The standard InChI is InChI=1S/C30H45ClN2O6/c1-4-5-6-7-8-9-10-11-12-13-14-15-16-17-20-38-27(35)23-18-19-24(31)25(21-23)32-26(34)22-33-28(36)30(2,3)39-29(33)37/h18-19,21H,4-17,20,22H2,1-3H3,(H,32,34). The van der Waals surface area contributed by atoms with Crippen LogP contribution in [0.15, 0.2) is 18.2 Å². The Balaban J connectivity index is 1.61. The Bertz CT molecular complexity index is 965. The highest BCUT2D eigenvalue weighted by Crippen LogP contribution is 2.26. The number of ether oxygens (including phenoxy) is 2. The lowest BCUT2D eigenvalue weighted by Crippen LogP contribution is -2.40. The lowest BCUT2D eigenvalue weighted by atomic mass is 10.0. The van der Waals surface area contributed by atoms with Crippen LogP contribution >= 0.6 is 11.6 Å². The smallest absolute Gasteiger partial charge is 0.418 e. The summed E-state index contributed by atoms with van der Waals surface area (Å²) in [5, 5.41) is 2.75. The summed E-state index contributed by atoms with van der Waals surface area (Å²) in [7, 11) is 0. The summed E-state index contributed by atoms with van der Waals surface area (Å²) in [6, 6.07) is 4.43. The SMILES string of the molecule is CCCCCCCCCCCCCCCCOC(=O)c1ccc(Cl)c(NC(=O)CN2C(=O)OC(C)(C)C2=O)c1. The van der Waals surface area contributed by atoms with Gasteiger partial charge in [-0.3, -0.25) is 9.59 Å². The van der Waals surface area contributed by atoms with Crippen LogP contribution < -0.4 is 5.32 Å². The molecule has 0 aromatic heterocycles. The average Bonchev–Trinajstić information content (AvgIpc) is 3.08. The zero-order chi connectivity index (χ0) is 28.7. The molecule has 8 nitrogen and oxygen atoms in total. The number of nitrogens with one attached hydrogen (secondary N) is 1. The molecule has 3 amide bonds. The number of cyclic esters (lactones) is 1. The number of amides is 3. The van der Waals surface area contributed by atoms with Gasteiger partial charge in [0.25, 0.3) is 5.91 Å². The van der Waals surface area contributed by atoms with E-state index in [1.54, 1.807) is 0 Å². The van der Waals surface area contributed by atoms with E-state index in [4.69, 9.17) is 21.1 Å². The van der Waals surface area contributed by atoms with E-state index in [2.05, 4.69) is 12.2 Å². The van der Waals surface area contributed by atoms with E-state index in [0.29, 0.717) is 6.61 Å². The first-order valence-corrected chi connectivity index (χ1v) is 14.8. The third-order valence-electron chi connectivity index (χ3n) is 6.83. The second-order valence-corrected chi connectivity index (χ2v) is 11.2. The lowest BCUT2D eigenvalue weighted by Gasteiger charge is -2.14. The molecule has 0 radical (unpaired) electrons. The number of esters is 1. The van der Waals surface area contributed by atoms with Gasteiger partial charge in [0.05, 0.1) is 22.9 Å². The number of benzene rings is 1. The van der Waals surface area contributed by atoms with Crippen molar-refractivity contribution in [1.82, 2.24) is 4.90 Å². The minimum Gasteiger partial charge on any atom is -0.462 e. The highest BCUT2D eigenvalue weighted by molar-refractivity contribution is 6.34. The highest BCUT2D eigenvalue weighted by Gasteiger charge is 2.47. The third kappa shape index (κ3) is 11.6. The van der Waals surface area contributed by atoms with Gasteiger partial charge in [0, 0.05) is 0 Å². The maximum atomic E-state index is 12.5. The Kier molecular flexibility index (Phi) is 14.3. The molecule has 2 rings (SSSR count). The Morgan fingerprint density at radius 1 is 0.897 bits per heavy atom. The van der Waals surface area contributed by atoms with Crippen molar-refractivity contribution >= 4 is 41.2 Å². The van der Waals surface area contributed by atoms with E-state index in [1.165, 1.54) is 103 Å². The Hall–Kier alpha value is -2.61. The first-order valence-electron chi connectivity index (χ1n) is 14.5. The molecule has 0 aliphatic carbocycles. The van der Waals surface area contributed by atoms with Gasteiger partial charge in [-0.2, -0.15) is 0 Å². The normalized spacial score (nSPS) is 14.4. The predicted molar refractivity (Wildman–Crippen MR) is 153 cm³/mol. The van der Waals surface area contributed by atoms with Crippen molar-refractivity contribution in [2.24, 2.45) is 0 Å². The Morgan fingerprint density at radius 2 is 1.44 bits per heavy atom. The first kappa shape index (κ1) is 32.6. The highest BCUT2D eigenvalue weighted by atomic mass is 35.5. The van der Waals surface area contributed by atoms with E-state index >= 15 is 0 Å². The summed E-state index contributed by atoms with van der Waals surface area (Å²) in [6.45, 7) is 4.97. The molecule has 0 bridgehead atoms. The molecule has 39 heavy (non-hydrogen) atoms. The van der Waals surface area contributed by atoms with Gasteiger partial charge in [0.2, 0.25) is 5.91 Å². The molecule has 1 fully saturated rings. The molecule has 1 heterocycles. The van der Waals surface area contributed by atoms with Gasteiger partial charge < -0.3 is 14.8 Å². The van der Waals surface area contributed by atoms with E-state index in [0.717, 1.165) is 24.2 Å². The summed E-state index contributed by atoms with van der Waals surface area (Å²) in [5.41, 5.74) is -0.879. The Labute approximate surface area is 238 Å². The van der Waals surface area contributed by atoms with Crippen molar-refractivity contribution in [3.8, 4) is 0 Å². The zero-order valence-electron chi connectivity index (χ0n) is 23.8. The van der Waals surface area contributed by atoms with Crippen LogP contribution in [0.3, 0.4) is 0 Å². The minimum absolute atomic E-state index is 0.187. The quantitative estimate of drug-likeness (QED) is 0.137. The van der Waals surface area contributed by atoms with Crippen LogP contribution in [0.2, 0.25) is 5.02 Å². The third-order valence-corrected chi connectivity index (χ3v) is 7.16. The van der Waals surface area contributed by atoms with Gasteiger partial charge in [0.15, 0.2) is 5.60 Å². The molecule has 218 valence electrons. The molecule has 1 N–H and O–H groups in total. The molecule has 1 saturated heterocycles. The summed E-state index contributed by atoms with van der Waals surface area (Å²) < 4.78 is 10.4. The number of hydrogen-bond acceptors (Lipinski definition) is 6. The van der Waals surface area contributed by atoms with E-state index in [-0.39, 0.29) is 16.3 Å². The fourth-order valence-corrected chi connectivity index (χ4v) is 4.65. The van der Waals surface area contributed by atoms with Gasteiger partial charge in [-0.1, -0.05) is 102 Å². The first-order chi connectivity index (χ1) is 18.7. The molecule has 0 saturated carbocycles. The van der Waals surface area contributed by atoms with Gasteiger partial charge in [-0.25, -0.2) is 14.5 Å². The van der Waals surface area contributed by atoms with Crippen molar-refractivity contribution in [2.45, 2.75) is 116 Å². The molecule has 1 aliphatic heterocycles. The molecule has 1 aromatic carbocycles. The fourth-order valence-electron chi connectivity index (χ4n) is 4.49. The molecule has 0 unspecified atom stereocenters. The number of hydrogen-bond donors (Lipinski definition) is 1. The van der Waals surface area contributed by atoms with Crippen LogP contribution in [-0.2, 0) is 19.1 Å². The maximum Gasteiger partial charge on any atom is 0.418 e. The van der Waals surface area contributed by atoms with Crippen molar-refractivity contribution in [2.75, 3.05) is 18.5 Å².